The van der Waals surface area contributed by atoms with Crippen LogP contribution in [-0.4, -0.2) is 43.4 Å². The van der Waals surface area contributed by atoms with Gasteiger partial charge in [-0.25, -0.2) is 22.0 Å². The van der Waals surface area contributed by atoms with Gasteiger partial charge in [0.05, 0.1) is 17.5 Å². The zero-order valence-corrected chi connectivity index (χ0v) is 13.2. The van der Waals surface area contributed by atoms with Gasteiger partial charge in [-0.1, -0.05) is 6.07 Å². The average Bonchev–Trinajstić information content (AvgIpc) is 2.40. The van der Waals surface area contributed by atoms with Crippen LogP contribution in [0, 0.1) is 11.6 Å². The number of amides is 2. The summed E-state index contributed by atoms with van der Waals surface area (Å²) in [7, 11) is -3.10. The second-order valence-corrected chi connectivity index (χ2v) is 7.73. The second-order valence-electron chi connectivity index (χ2n) is 5.50. The van der Waals surface area contributed by atoms with Crippen LogP contribution in [0.15, 0.2) is 18.2 Å². The fraction of sp³-hybridized carbons (Fsp3) is 0.500. The maximum atomic E-state index is 13.2. The normalized spacial score (nSPS) is 22.2. The summed E-state index contributed by atoms with van der Waals surface area (Å²) < 4.78 is 49.1. The fourth-order valence-electron chi connectivity index (χ4n) is 2.43. The molecule has 0 aromatic heterocycles. The van der Waals surface area contributed by atoms with Crippen molar-refractivity contribution in [2.24, 2.45) is 0 Å². The summed E-state index contributed by atoms with van der Waals surface area (Å²) in [6, 6.07) is 2.07. The van der Waals surface area contributed by atoms with E-state index in [1.807, 2.05) is 0 Å². The number of nitrogens with zero attached hydrogens (tertiary/aromatic N) is 1. The summed E-state index contributed by atoms with van der Waals surface area (Å²) in [6.07, 6.45) is 0. The van der Waals surface area contributed by atoms with Crippen LogP contribution in [0.1, 0.15) is 25.5 Å². The highest BCUT2D eigenvalue weighted by Gasteiger charge is 2.31. The number of carbonyl (C=O) groups is 1. The van der Waals surface area contributed by atoms with Crippen LogP contribution in [0.4, 0.5) is 13.6 Å². The quantitative estimate of drug-likeness (QED) is 0.899. The molecule has 0 bridgehead atoms. The molecule has 0 unspecified atom stereocenters. The van der Waals surface area contributed by atoms with Crippen molar-refractivity contribution in [3.05, 3.63) is 35.4 Å². The first kappa shape index (κ1) is 16.7. The van der Waals surface area contributed by atoms with Gasteiger partial charge in [-0.3, -0.25) is 0 Å². The molecule has 8 heteroatoms. The van der Waals surface area contributed by atoms with Crippen molar-refractivity contribution in [3.63, 3.8) is 0 Å². The van der Waals surface area contributed by atoms with Gasteiger partial charge in [0.2, 0.25) is 0 Å². The van der Waals surface area contributed by atoms with Crippen molar-refractivity contribution in [2.75, 3.05) is 18.1 Å². The molecule has 2 amide bonds. The SMILES string of the molecule is C[C@@H](NC(=O)N1CCS(=O)(=O)C[C@@H]1C)c1ccc(F)c(F)c1. The smallest absolute Gasteiger partial charge is 0.318 e. The summed E-state index contributed by atoms with van der Waals surface area (Å²) >= 11 is 0. The van der Waals surface area contributed by atoms with Crippen LogP contribution in [0.5, 0.6) is 0 Å². The highest BCUT2D eigenvalue weighted by atomic mass is 32.2. The molecule has 1 aromatic carbocycles. The molecule has 122 valence electrons. The highest BCUT2D eigenvalue weighted by molar-refractivity contribution is 7.91. The van der Waals surface area contributed by atoms with Gasteiger partial charge in [0.25, 0.3) is 0 Å². The Labute approximate surface area is 128 Å². The third-order valence-electron chi connectivity index (χ3n) is 3.71. The molecular formula is C14H18F2N2O3S. The number of halogens is 2. The van der Waals surface area contributed by atoms with Gasteiger partial charge in [-0.05, 0) is 31.5 Å². The number of nitrogens with one attached hydrogen (secondary N) is 1. The van der Waals surface area contributed by atoms with E-state index in [0.717, 1.165) is 12.1 Å². The second kappa shape index (κ2) is 6.20. The Morgan fingerprint density at radius 3 is 2.64 bits per heavy atom. The molecule has 5 nitrogen and oxygen atoms in total. The maximum absolute atomic E-state index is 13.2. The largest absolute Gasteiger partial charge is 0.331 e. The Kier molecular flexibility index (Phi) is 4.69. The predicted molar refractivity (Wildman–Crippen MR) is 78.1 cm³/mol. The Balaban J connectivity index is 2.03. The van der Waals surface area contributed by atoms with Crippen molar-refractivity contribution in [1.29, 1.82) is 0 Å². The third-order valence-corrected chi connectivity index (χ3v) is 5.51. The maximum Gasteiger partial charge on any atom is 0.318 e. The lowest BCUT2D eigenvalue weighted by Gasteiger charge is -2.34. The lowest BCUT2D eigenvalue weighted by atomic mass is 10.1. The zero-order valence-electron chi connectivity index (χ0n) is 12.3. The van der Waals surface area contributed by atoms with Crippen molar-refractivity contribution in [1.82, 2.24) is 10.2 Å². The summed E-state index contributed by atoms with van der Waals surface area (Å²) in [5.74, 6) is -2.06. The molecule has 1 saturated heterocycles. The lowest BCUT2D eigenvalue weighted by Crippen LogP contribution is -2.53. The highest BCUT2D eigenvalue weighted by Crippen LogP contribution is 2.18. The van der Waals surface area contributed by atoms with E-state index in [1.54, 1.807) is 13.8 Å². The molecule has 1 heterocycles. The Morgan fingerprint density at radius 2 is 2.05 bits per heavy atom. The van der Waals surface area contributed by atoms with E-state index in [-0.39, 0.29) is 18.1 Å². The molecule has 1 aliphatic heterocycles. The van der Waals surface area contributed by atoms with Crippen LogP contribution in [-0.2, 0) is 9.84 Å². The minimum atomic E-state index is -3.10. The first-order valence-electron chi connectivity index (χ1n) is 6.92. The Morgan fingerprint density at radius 1 is 1.36 bits per heavy atom. The van der Waals surface area contributed by atoms with Crippen LogP contribution in [0.2, 0.25) is 0 Å². The number of urea groups is 1. The van der Waals surface area contributed by atoms with E-state index >= 15 is 0 Å². The van der Waals surface area contributed by atoms with Crippen molar-refractivity contribution < 1.29 is 22.0 Å². The molecule has 0 radical (unpaired) electrons. The molecule has 1 aromatic rings. The molecule has 1 aliphatic rings. The van der Waals surface area contributed by atoms with Gasteiger partial charge in [0.1, 0.15) is 0 Å². The van der Waals surface area contributed by atoms with Crippen LogP contribution >= 0.6 is 0 Å². The van der Waals surface area contributed by atoms with Crippen molar-refractivity contribution in [2.45, 2.75) is 25.9 Å². The first-order chi connectivity index (χ1) is 10.2. The van der Waals surface area contributed by atoms with Gasteiger partial charge >= 0.3 is 6.03 Å². The Hall–Kier alpha value is -1.70. The topological polar surface area (TPSA) is 66.5 Å². The van der Waals surface area contributed by atoms with Crippen molar-refractivity contribution in [3.8, 4) is 0 Å². The lowest BCUT2D eigenvalue weighted by molar-refractivity contribution is 0.182. The standard InChI is InChI=1S/C14H18F2N2O3S/c1-9-8-22(20,21)6-5-18(9)14(19)17-10(2)11-3-4-12(15)13(16)7-11/h3-4,7,9-10H,5-6,8H2,1-2H3,(H,17,19)/t9-,10+/m0/s1. The van der Waals surface area contributed by atoms with Gasteiger partial charge in [0.15, 0.2) is 21.5 Å². The molecule has 0 aliphatic carbocycles. The number of rotatable bonds is 2. The molecule has 0 spiro atoms. The van der Waals surface area contributed by atoms with E-state index in [2.05, 4.69) is 5.32 Å². The van der Waals surface area contributed by atoms with Crippen LogP contribution < -0.4 is 5.32 Å². The van der Waals surface area contributed by atoms with E-state index in [4.69, 9.17) is 0 Å². The van der Waals surface area contributed by atoms with E-state index in [9.17, 15) is 22.0 Å². The predicted octanol–water partition coefficient (Wildman–Crippen LogP) is 1.85. The first-order valence-corrected chi connectivity index (χ1v) is 8.74. The van der Waals surface area contributed by atoms with Gasteiger partial charge in [0, 0.05) is 12.6 Å². The minimum Gasteiger partial charge on any atom is -0.331 e. The van der Waals surface area contributed by atoms with E-state index in [0.29, 0.717) is 5.56 Å². The fourth-order valence-corrected chi connectivity index (χ4v) is 3.99. The van der Waals surface area contributed by atoms with Gasteiger partial charge in [-0.15, -0.1) is 0 Å². The monoisotopic (exact) mass is 332 g/mol. The van der Waals surface area contributed by atoms with Gasteiger partial charge in [-0.2, -0.15) is 0 Å². The summed E-state index contributed by atoms with van der Waals surface area (Å²) in [6.45, 7) is 3.44. The molecule has 22 heavy (non-hydrogen) atoms. The zero-order chi connectivity index (χ0) is 16.5. The molecular weight excluding hydrogens is 314 g/mol. The number of sulfone groups is 1. The number of hydrogen-bond acceptors (Lipinski definition) is 3. The molecule has 1 fully saturated rings. The van der Waals surface area contributed by atoms with Crippen molar-refractivity contribution >= 4 is 15.9 Å². The third kappa shape index (κ3) is 3.73. The average molecular weight is 332 g/mol. The summed E-state index contributed by atoms with van der Waals surface area (Å²) in [5.41, 5.74) is 0.435. The summed E-state index contributed by atoms with van der Waals surface area (Å²) in [4.78, 5) is 13.6. The number of hydrogen-bond donors (Lipinski definition) is 1. The molecule has 2 atom stereocenters. The van der Waals surface area contributed by atoms with Gasteiger partial charge < -0.3 is 10.2 Å². The molecule has 1 N–H and O–H groups in total. The Bertz CT molecular complexity index is 679. The van der Waals surface area contributed by atoms with E-state index < -0.39 is 39.6 Å². The minimum absolute atomic E-state index is 0.0652. The molecule has 2 rings (SSSR count). The van der Waals surface area contributed by atoms with Crippen LogP contribution in [0.3, 0.4) is 0 Å². The van der Waals surface area contributed by atoms with Crippen LogP contribution in [0.25, 0.3) is 0 Å². The van der Waals surface area contributed by atoms with E-state index in [1.165, 1.54) is 11.0 Å². The number of carbonyl (C=O) groups excluding carboxylic acids is 1. The molecule has 0 saturated carbocycles. The summed E-state index contributed by atoms with van der Waals surface area (Å²) in [5, 5.41) is 2.67. The number of benzene rings is 1.